The first-order chi connectivity index (χ1) is 12.5. The van der Waals surface area contributed by atoms with Gasteiger partial charge in [-0.25, -0.2) is 9.78 Å². The standard InChI is InChI=1S/C19H24N4O2S/c1-4-5-6-11-26-19-20-16-15(17(24)21-18(25)22(16)3)23(19)12-14-9-7-13(2)8-10-14/h7-10H,4-6,11-12H2,1-3H3,(H,21,24,25). The van der Waals surface area contributed by atoms with Gasteiger partial charge in [-0.3, -0.25) is 14.3 Å². The van der Waals surface area contributed by atoms with E-state index in [2.05, 4.69) is 41.2 Å². The van der Waals surface area contributed by atoms with Gasteiger partial charge < -0.3 is 4.57 Å². The van der Waals surface area contributed by atoms with Gasteiger partial charge in [0.05, 0.1) is 6.54 Å². The zero-order valence-electron chi connectivity index (χ0n) is 15.4. The highest BCUT2D eigenvalue weighted by Gasteiger charge is 2.17. The molecule has 2 aromatic heterocycles. The minimum Gasteiger partial charge on any atom is -0.309 e. The van der Waals surface area contributed by atoms with Gasteiger partial charge in [-0.1, -0.05) is 61.4 Å². The van der Waals surface area contributed by atoms with Crippen molar-refractivity contribution in [3.8, 4) is 0 Å². The summed E-state index contributed by atoms with van der Waals surface area (Å²) in [6.07, 6.45) is 3.43. The number of aromatic amines is 1. The van der Waals surface area contributed by atoms with Gasteiger partial charge in [0, 0.05) is 12.8 Å². The number of aromatic nitrogens is 4. The maximum atomic E-state index is 12.5. The highest BCUT2D eigenvalue weighted by Crippen LogP contribution is 2.24. The molecule has 0 atom stereocenters. The van der Waals surface area contributed by atoms with E-state index in [1.807, 2.05) is 11.5 Å². The number of unbranched alkanes of at least 4 members (excludes halogenated alkanes) is 2. The van der Waals surface area contributed by atoms with Gasteiger partial charge in [-0.05, 0) is 18.9 Å². The molecule has 6 nitrogen and oxygen atoms in total. The molecule has 0 fully saturated rings. The fourth-order valence-electron chi connectivity index (χ4n) is 2.86. The number of nitrogens with zero attached hydrogens (tertiary/aromatic N) is 3. The van der Waals surface area contributed by atoms with Crippen molar-refractivity contribution in [1.29, 1.82) is 0 Å². The predicted octanol–water partition coefficient (Wildman–Crippen LogP) is 3.06. The first-order valence-electron chi connectivity index (χ1n) is 8.89. The van der Waals surface area contributed by atoms with E-state index in [4.69, 9.17) is 0 Å². The molecule has 26 heavy (non-hydrogen) atoms. The highest BCUT2D eigenvalue weighted by molar-refractivity contribution is 7.99. The summed E-state index contributed by atoms with van der Waals surface area (Å²) in [5, 5.41) is 0.781. The lowest BCUT2D eigenvalue weighted by molar-refractivity contribution is 0.724. The van der Waals surface area contributed by atoms with Crippen molar-refractivity contribution in [3.05, 3.63) is 56.2 Å². The van der Waals surface area contributed by atoms with Crippen molar-refractivity contribution >= 4 is 22.9 Å². The predicted molar refractivity (Wildman–Crippen MR) is 106 cm³/mol. The lowest BCUT2D eigenvalue weighted by Gasteiger charge is -2.09. The molecule has 0 aliphatic carbocycles. The van der Waals surface area contributed by atoms with Crippen molar-refractivity contribution in [2.75, 3.05) is 5.75 Å². The third kappa shape index (κ3) is 3.77. The van der Waals surface area contributed by atoms with Crippen molar-refractivity contribution < 1.29 is 0 Å². The fraction of sp³-hybridized carbons (Fsp3) is 0.421. The number of hydrogen-bond donors (Lipinski definition) is 1. The average Bonchev–Trinajstić information content (AvgIpc) is 2.98. The zero-order chi connectivity index (χ0) is 18.7. The summed E-state index contributed by atoms with van der Waals surface area (Å²) >= 11 is 1.64. The van der Waals surface area contributed by atoms with E-state index in [1.54, 1.807) is 18.8 Å². The Bertz CT molecular complexity index is 1010. The molecule has 0 radical (unpaired) electrons. The van der Waals surface area contributed by atoms with Gasteiger partial charge in [0.25, 0.3) is 5.56 Å². The molecule has 3 aromatic rings. The molecule has 0 amide bonds. The van der Waals surface area contributed by atoms with Gasteiger partial charge in [-0.15, -0.1) is 0 Å². The second-order valence-corrected chi connectivity index (χ2v) is 7.57. The largest absolute Gasteiger partial charge is 0.329 e. The number of aryl methyl sites for hydroxylation is 2. The SMILES string of the molecule is CCCCCSc1nc2c(c(=O)[nH]c(=O)n2C)n1Cc1ccc(C)cc1. The molecule has 1 aromatic carbocycles. The first-order valence-corrected chi connectivity index (χ1v) is 9.87. The fourth-order valence-corrected chi connectivity index (χ4v) is 3.86. The molecule has 0 aliphatic heterocycles. The quantitative estimate of drug-likeness (QED) is 0.511. The van der Waals surface area contributed by atoms with Crippen LogP contribution >= 0.6 is 11.8 Å². The zero-order valence-corrected chi connectivity index (χ0v) is 16.2. The van der Waals surface area contributed by atoms with Crippen LogP contribution in [0.1, 0.15) is 37.3 Å². The van der Waals surface area contributed by atoms with Crippen LogP contribution < -0.4 is 11.2 Å². The number of H-pyrrole nitrogens is 1. The summed E-state index contributed by atoms with van der Waals surface area (Å²) in [5.74, 6) is 0.941. The smallest absolute Gasteiger partial charge is 0.309 e. The summed E-state index contributed by atoms with van der Waals surface area (Å²) in [4.78, 5) is 31.4. The lowest BCUT2D eigenvalue weighted by atomic mass is 10.1. The molecule has 0 aliphatic rings. The molecule has 3 rings (SSSR count). The summed E-state index contributed by atoms with van der Waals surface area (Å²) in [7, 11) is 1.63. The topological polar surface area (TPSA) is 72.7 Å². The molecular formula is C19H24N4O2S. The van der Waals surface area contributed by atoms with Gasteiger partial charge in [0.2, 0.25) is 0 Å². The Morgan fingerprint density at radius 1 is 1.15 bits per heavy atom. The van der Waals surface area contributed by atoms with Crippen LogP contribution in [0.5, 0.6) is 0 Å². The summed E-state index contributed by atoms with van der Waals surface area (Å²) in [6, 6.07) is 8.23. The number of rotatable bonds is 7. The number of hydrogen-bond acceptors (Lipinski definition) is 4. The monoisotopic (exact) mass is 372 g/mol. The van der Waals surface area contributed by atoms with Crippen molar-refractivity contribution in [2.45, 2.75) is 44.8 Å². The molecule has 1 N–H and O–H groups in total. The van der Waals surface area contributed by atoms with Crippen LogP contribution in [0.15, 0.2) is 39.0 Å². The van der Waals surface area contributed by atoms with E-state index in [-0.39, 0.29) is 5.56 Å². The number of benzene rings is 1. The molecule has 0 spiro atoms. The molecule has 138 valence electrons. The number of imidazole rings is 1. The Morgan fingerprint density at radius 2 is 1.88 bits per heavy atom. The minimum absolute atomic E-state index is 0.386. The maximum Gasteiger partial charge on any atom is 0.329 e. The highest BCUT2D eigenvalue weighted by atomic mass is 32.2. The van der Waals surface area contributed by atoms with Gasteiger partial charge in [0.1, 0.15) is 0 Å². The van der Waals surface area contributed by atoms with Crippen molar-refractivity contribution in [1.82, 2.24) is 19.1 Å². The third-order valence-electron chi connectivity index (χ3n) is 4.41. The number of fused-ring (bicyclic) bond motifs is 1. The van der Waals surface area contributed by atoms with E-state index >= 15 is 0 Å². The minimum atomic E-state index is -0.440. The molecule has 2 heterocycles. The second kappa shape index (κ2) is 7.95. The van der Waals surface area contributed by atoms with Crippen LogP contribution in [0.25, 0.3) is 11.2 Å². The lowest BCUT2D eigenvalue weighted by Crippen LogP contribution is -2.29. The van der Waals surface area contributed by atoms with Crippen LogP contribution in [-0.2, 0) is 13.6 Å². The first kappa shape index (κ1) is 18.5. The van der Waals surface area contributed by atoms with Crippen LogP contribution in [0, 0.1) is 6.92 Å². The van der Waals surface area contributed by atoms with Crippen LogP contribution in [0.3, 0.4) is 0 Å². The van der Waals surface area contributed by atoms with Gasteiger partial charge >= 0.3 is 5.69 Å². The summed E-state index contributed by atoms with van der Waals surface area (Å²) < 4.78 is 3.33. The van der Waals surface area contributed by atoms with E-state index in [1.165, 1.54) is 16.6 Å². The molecule has 7 heteroatoms. The van der Waals surface area contributed by atoms with Crippen LogP contribution in [0.2, 0.25) is 0 Å². The van der Waals surface area contributed by atoms with Crippen molar-refractivity contribution in [3.63, 3.8) is 0 Å². The maximum absolute atomic E-state index is 12.5. The number of thioether (sulfide) groups is 1. The Labute approximate surface area is 156 Å². The van der Waals surface area contributed by atoms with Gasteiger partial charge in [0.15, 0.2) is 16.3 Å². The molecule has 0 saturated carbocycles. The van der Waals surface area contributed by atoms with Crippen LogP contribution in [0.4, 0.5) is 0 Å². The van der Waals surface area contributed by atoms with Crippen LogP contribution in [-0.4, -0.2) is 24.9 Å². The normalized spacial score (nSPS) is 11.3. The molecule has 0 saturated heterocycles. The third-order valence-corrected chi connectivity index (χ3v) is 5.48. The van der Waals surface area contributed by atoms with E-state index < -0.39 is 5.69 Å². The molecule has 0 unspecified atom stereocenters. The summed E-state index contributed by atoms with van der Waals surface area (Å²) in [5.41, 5.74) is 2.35. The van der Waals surface area contributed by atoms with E-state index in [0.717, 1.165) is 29.3 Å². The Hall–Kier alpha value is -2.28. The molecular weight excluding hydrogens is 348 g/mol. The van der Waals surface area contributed by atoms with Gasteiger partial charge in [-0.2, -0.15) is 0 Å². The Balaban J connectivity index is 2.07. The number of nitrogens with one attached hydrogen (secondary N) is 1. The van der Waals surface area contributed by atoms with E-state index in [0.29, 0.717) is 17.7 Å². The second-order valence-electron chi connectivity index (χ2n) is 6.51. The Kier molecular flexibility index (Phi) is 5.66. The van der Waals surface area contributed by atoms with Crippen molar-refractivity contribution in [2.24, 2.45) is 7.05 Å². The average molecular weight is 372 g/mol. The Morgan fingerprint density at radius 3 is 2.58 bits per heavy atom. The van der Waals surface area contributed by atoms with E-state index in [9.17, 15) is 9.59 Å². The molecule has 0 bridgehead atoms. The summed E-state index contributed by atoms with van der Waals surface area (Å²) in [6.45, 7) is 4.77.